The standard InChI is InChI=1S/C24H24.2CH3.Zr/c1-15-5-6-16(2)22-12-19(11-21(15)22)9-10-20-13-23-17(3)7-8-18(4)24(23)14-20;;;/h5-8,11-14H,9-10H2,1-4H3;2*1H3;/q-2;2*-1;+4. The van der Waals surface area contributed by atoms with E-state index in [1.165, 1.54) is 54.9 Å². The van der Waals surface area contributed by atoms with E-state index >= 15 is 0 Å². The fourth-order valence-corrected chi connectivity index (χ4v) is 3.88. The molecule has 0 aliphatic carbocycles. The minimum absolute atomic E-state index is 0. The molecule has 138 valence electrons. The van der Waals surface area contributed by atoms with E-state index in [0.717, 1.165) is 12.8 Å². The van der Waals surface area contributed by atoms with E-state index in [2.05, 4.69) is 76.2 Å². The van der Waals surface area contributed by atoms with Crippen LogP contribution in [0.3, 0.4) is 0 Å². The van der Waals surface area contributed by atoms with E-state index in [4.69, 9.17) is 0 Å². The van der Waals surface area contributed by atoms with Crippen molar-refractivity contribution in [1.29, 1.82) is 0 Å². The molecule has 0 amide bonds. The quantitative estimate of drug-likeness (QED) is 0.296. The van der Waals surface area contributed by atoms with Gasteiger partial charge in [-0.2, -0.15) is 12.1 Å². The average Bonchev–Trinajstić information content (AvgIpc) is 3.18. The first-order valence-electron chi connectivity index (χ1n) is 8.84. The Labute approximate surface area is 184 Å². The predicted molar refractivity (Wildman–Crippen MR) is 118 cm³/mol. The largest absolute Gasteiger partial charge is 4.00 e. The van der Waals surface area contributed by atoms with Gasteiger partial charge in [-0.15, -0.1) is 68.1 Å². The third kappa shape index (κ3) is 4.35. The summed E-state index contributed by atoms with van der Waals surface area (Å²) in [6.45, 7) is 8.84. The Morgan fingerprint density at radius 3 is 1.26 bits per heavy atom. The monoisotopic (exact) mass is 432 g/mol. The van der Waals surface area contributed by atoms with Gasteiger partial charge >= 0.3 is 26.2 Å². The molecule has 27 heavy (non-hydrogen) atoms. The topological polar surface area (TPSA) is 0 Å². The second-order valence-corrected chi connectivity index (χ2v) is 7.28. The molecule has 0 aromatic heterocycles. The summed E-state index contributed by atoms with van der Waals surface area (Å²) in [5, 5.41) is 5.68. The molecule has 0 heterocycles. The maximum absolute atomic E-state index is 2.39. The molecule has 0 atom stereocenters. The third-order valence-electron chi connectivity index (χ3n) is 5.47. The Hall–Kier alpha value is -1.46. The van der Waals surface area contributed by atoms with Gasteiger partial charge in [-0.25, -0.2) is 0 Å². The van der Waals surface area contributed by atoms with Gasteiger partial charge in [0.15, 0.2) is 0 Å². The molecule has 0 bridgehead atoms. The molecular weight excluding hydrogens is 404 g/mol. The zero-order valence-corrected chi connectivity index (χ0v) is 20.0. The van der Waals surface area contributed by atoms with Crippen LogP contribution in [0.2, 0.25) is 0 Å². The number of hydrogen-bond acceptors (Lipinski definition) is 0. The summed E-state index contributed by atoms with van der Waals surface area (Å²) in [4.78, 5) is 0. The van der Waals surface area contributed by atoms with E-state index < -0.39 is 0 Å². The number of benzene rings is 2. The van der Waals surface area contributed by atoms with Gasteiger partial charge in [-0.1, -0.05) is 37.1 Å². The fraction of sp³-hybridized carbons (Fsp3) is 0.231. The van der Waals surface area contributed by atoms with Crippen molar-refractivity contribution >= 4 is 21.5 Å². The molecule has 0 unspecified atom stereocenters. The van der Waals surface area contributed by atoms with Gasteiger partial charge in [0.2, 0.25) is 0 Å². The first-order chi connectivity index (χ1) is 11.5. The van der Waals surface area contributed by atoms with Crippen LogP contribution < -0.4 is 0 Å². The van der Waals surface area contributed by atoms with Crippen molar-refractivity contribution in [1.82, 2.24) is 0 Å². The molecule has 0 spiro atoms. The van der Waals surface area contributed by atoms with E-state index in [1.807, 2.05) is 0 Å². The van der Waals surface area contributed by atoms with Crippen LogP contribution in [-0.2, 0) is 39.0 Å². The minimum Gasteiger partial charge on any atom is -0.358 e. The molecule has 0 aliphatic rings. The first-order valence-corrected chi connectivity index (χ1v) is 8.84. The average molecular weight is 434 g/mol. The molecule has 1 heteroatoms. The summed E-state index contributed by atoms with van der Waals surface area (Å²) in [6.07, 6.45) is 2.23. The van der Waals surface area contributed by atoms with Crippen LogP contribution in [-0.4, -0.2) is 0 Å². The van der Waals surface area contributed by atoms with E-state index in [9.17, 15) is 0 Å². The van der Waals surface area contributed by atoms with Crippen molar-refractivity contribution in [2.45, 2.75) is 40.5 Å². The fourth-order valence-electron chi connectivity index (χ4n) is 3.88. The third-order valence-corrected chi connectivity index (χ3v) is 5.47. The number of rotatable bonds is 3. The van der Waals surface area contributed by atoms with Crippen molar-refractivity contribution in [2.75, 3.05) is 0 Å². The molecule has 4 aromatic carbocycles. The summed E-state index contributed by atoms with van der Waals surface area (Å²) in [6, 6.07) is 18.5. The van der Waals surface area contributed by atoms with E-state index in [1.54, 1.807) is 0 Å². The van der Waals surface area contributed by atoms with Crippen molar-refractivity contribution in [3.63, 3.8) is 0 Å². The van der Waals surface area contributed by atoms with Crippen LogP contribution in [0.4, 0.5) is 0 Å². The first kappa shape index (κ1) is 23.6. The summed E-state index contributed by atoms with van der Waals surface area (Å²) < 4.78 is 0. The van der Waals surface area contributed by atoms with Crippen LogP contribution in [0.1, 0.15) is 33.4 Å². The Kier molecular flexibility index (Phi) is 8.00. The molecular formula is C26H30Zr. The Morgan fingerprint density at radius 1 is 0.593 bits per heavy atom. The molecule has 0 aliphatic heterocycles. The number of hydrogen-bond donors (Lipinski definition) is 0. The van der Waals surface area contributed by atoms with Gasteiger partial charge in [0.25, 0.3) is 0 Å². The molecule has 0 saturated heterocycles. The zero-order chi connectivity index (χ0) is 16.8. The van der Waals surface area contributed by atoms with Crippen LogP contribution in [0, 0.1) is 42.5 Å². The van der Waals surface area contributed by atoms with Crippen LogP contribution >= 0.6 is 0 Å². The molecule has 0 radical (unpaired) electrons. The predicted octanol–water partition coefficient (Wildman–Crippen LogP) is 7.35. The number of aryl methyl sites for hydroxylation is 6. The zero-order valence-electron chi connectivity index (χ0n) is 17.5. The van der Waals surface area contributed by atoms with Crippen molar-refractivity contribution < 1.29 is 26.2 Å². The van der Waals surface area contributed by atoms with Crippen LogP contribution in [0.25, 0.3) is 21.5 Å². The molecule has 0 saturated carbocycles. The Bertz CT molecular complexity index is 879. The number of fused-ring (bicyclic) bond motifs is 2. The van der Waals surface area contributed by atoms with Gasteiger partial charge in [0, 0.05) is 0 Å². The van der Waals surface area contributed by atoms with E-state index in [-0.39, 0.29) is 41.1 Å². The molecule has 0 nitrogen and oxygen atoms in total. The summed E-state index contributed by atoms with van der Waals surface area (Å²) in [5.41, 5.74) is 8.45. The minimum atomic E-state index is 0. The van der Waals surface area contributed by atoms with Gasteiger partial charge in [0.1, 0.15) is 0 Å². The van der Waals surface area contributed by atoms with Crippen molar-refractivity contribution in [2.24, 2.45) is 0 Å². The molecule has 0 fully saturated rings. The van der Waals surface area contributed by atoms with Gasteiger partial charge in [-0.05, 0) is 26.7 Å². The second-order valence-electron chi connectivity index (χ2n) is 7.28. The molecule has 4 rings (SSSR count). The van der Waals surface area contributed by atoms with Crippen LogP contribution in [0.5, 0.6) is 0 Å². The summed E-state index contributed by atoms with van der Waals surface area (Å²) in [7, 11) is 0. The van der Waals surface area contributed by atoms with E-state index in [0.29, 0.717) is 0 Å². The summed E-state index contributed by atoms with van der Waals surface area (Å²) in [5.74, 6) is 0. The molecule has 4 aromatic rings. The smallest absolute Gasteiger partial charge is 0.358 e. The second kappa shape index (κ2) is 9.16. The molecule has 0 N–H and O–H groups in total. The van der Waals surface area contributed by atoms with Gasteiger partial charge in [-0.3, -0.25) is 0 Å². The van der Waals surface area contributed by atoms with Crippen LogP contribution in [0.15, 0.2) is 48.5 Å². The summed E-state index contributed by atoms with van der Waals surface area (Å²) >= 11 is 0. The van der Waals surface area contributed by atoms with Gasteiger partial charge < -0.3 is 14.9 Å². The SMILES string of the molecule is Cc1ccc(C)c2[cH-]c(CCc3cc4c(C)ccc(C)c4[cH-]3)cc12.[CH3-].[CH3-].[Zr+4]. The van der Waals surface area contributed by atoms with Crippen molar-refractivity contribution in [3.05, 3.63) is 96.8 Å². The Balaban J connectivity index is 0.00000121. The maximum Gasteiger partial charge on any atom is 4.00 e. The van der Waals surface area contributed by atoms with Crippen molar-refractivity contribution in [3.8, 4) is 0 Å². The van der Waals surface area contributed by atoms with Gasteiger partial charge in [0.05, 0.1) is 0 Å². The Morgan fingerprint density at radius 2 is 0.926 bits per heavy atom. The normalized spacial score (nSPS) is 10.4. The maximum atomic E-state index is 2.39.